The Kier molecular flexibility index (Phi) is 6.63. The van der Waals surface area contributed by atoms with E-state index in [2.05, 4.69) is 21.6 Å². The quantitative estimate of drug-likeness (QED) is 0.377. The zero-order valence-electron chi connectivity index (χ0n) is 19.1. The molecule has 0 aliphatic carbocycles. The summed E-state index contributed by atoms with van der Waals surface area (Å²) in [5, 5.41) is 16.1. The van der Waals surface area contributed by atoms with Crippen molar-refractivity contribution >= 4 is 23.2 Å². The van der Waals surface area contributed by atoms with Crippen LogP contribution in [0.25, 0.3) is 28.0 Å². The predicted molar refractivity (Wildman–Crippen MR) is 131 cm³/mol. The van der Waals surface area contributed by atoms with Crippen LogP contribution in [0.3, 0.4) is 0 Å². The molecule has 7 nitrogen and oxygen atoms in total. The number of rotatable bonds is 5. The first-order valence-corrected chi connectivity index (χ1v) is 11.9. The maximum absolute atomic E-state index is 14.2. The lowest BCUT2D eigenvalue weighted by Gasteiger charge is -2.26. The normalized spacial score (nSPS) is 14.2. The number of fused-ring (bicyclic) bond motifs is 1. The molecular weight excluding hydrogens is 486 g/mol. The number of hydrogen-bond acceptors (Lipinski definition) is 5. The van der Waals surface area contributed by atoms with E-state index in [-0.39, 0.29) is 11.2 Å². The summed E-state index contributed by atoms with van der Waals surface area (Å²) in [6.07, 6.45) is 1.38. The molecule has 3 heterocycles. The summed E-state index contributed by atoms with van der Waals surface area (Å²) in [7, 11) is 0. The molecule has 1 amide bonds. The molecule has 10 heteroatoms. The van der Waals surface area contributed by atoms with Crippen LogP contribution in [0.4, 0.5) is 8.78 Å². The molecule has 1 fully saturated rings. The molecule has 0 atom stereocenters. The van der Waals surface area contributed by atoms with Gasteiger partial charge in [-0.2, -0.15) is 10.4 Å². The van der Waals surface area contributed by atoms with Crippen molar-refractivity contribution in [2.45, 2.75) is 25.7 Å². The zero-order valence-corrected chi connectivity index (χ0v) is 19.8. The Morgan fingerprint density at radius 2 is 1.78 bits per heavy atom. The van der Waals surface area contributed by atoms with E-state index in [0.29, 0.717) is 46.1 Å². The lowest BCUT2D eigenvalue weighted by atomic mass is 9.97. The summed E-state index contributed by atoms with van der Waals surface area (Å²) >= 11 is 6.09. The Morgan fingerprint density at radius 1 is 1.06 bits per heavy atom. The molecule has 1 saturated heterocycles. The van der Waals surface area contributed by atoms with Gasteiger partial charge in [0.05, 0.1) is 17.3 Å². The fraction of sp³-hybridized carbons (Fsp3) is 0.231. The molecule has 0 radical (unpaired) electrons. The third-order valence-corrected chi connectivity index (χ3v) is 6.43. The largest absolute Gasteiger partial charge is 0.285 e. The first kappa shape index (κ1) is 23.9. The standard InChI is InChI=1S/C26H21ClF2N6O/c27-18-10-8-16(9-11-18)23-20(19-7-3-2-6-17(19)14-30)15-31-25-21(22(24(28)29)32-35(23)25)26(36)33-34-12-4-1-5-13-34/h2-3,6-11,15,24H,1,4-5,12-13H2,(H,33,36). The number of carbonyl (C=O) groups is 1. The maximum atomic E-state index is 14.2. The second-order valence-corrected chi connectivity index (χ2v) is 8.91. The Morgan fingerprint density at radius 3 is 2.47 bits per heavy atom. The highest BCUT2D eigenvalue weighted by Crippen LogP contribution is 2.36. The number of halogens is 3. The van der Waals surface area contributed by atoms with Crippen LogP contribution in [0.5, 0.6) is 0 Å². The van der Waals surface area contributed by atoms with Crippen molar-refractivity contribution in [2.75, 3.05) is 13.1 Å². The number of benzene rings is 2. The molecular formula is C26H21ClF2N6O. The Bertz CT molecular complexity index is 1470. The van der Waals surface area contributed by atoms with E-state index < -0.39 is 18.0 Å². The molecule has 4 aromatic rings. The Labute approximate surface area is 210 Å². The Hall–Kier alpha value is -3.87. The van der Waals surface area contributed by atoms with Crippen molar-refractivity contribution in [3.63, 3.8) is 0 Å². The van der Waals surface area contributed by atoms with Gasteiger partial charge in [0.25, 0.3) is 12.3 Å². The van der Waals surface area contributed by atoms with Crippen molar-refractivity contribution < 1.29 is 13.6 Å². The minimum absolute atomic E-state index is 0.00273. The van der Waals surface area contributed by atoms with Crippen molar-refractivity contribution in [2.24, 2.45) is 0 Å². The summed E-state index contributed by atoms with van der Waals surface area (Å²) < 4.78 is 29.6. The van der Waals surface area contributed by atoms with Crippen LogP contribution in [-0.4, -0.2) is 38.6 Å². The van der Waals surface area contributed by atoms with Crippen LogP contribution in [-0.2, 0) is 0 Å². The topological polar surface area (TPSA) is 86.3 Å². The van der Waals surface area contributed by atoms with Crippen LogP contribution in [0.1, 0.15) is 47.3 Å². The lowest BCUT2D eigenvalue weighted by Crippen LogP contribution is -2.45. The number of alkyl halides is 2. The molecule has 1 N–H and O–H groups in total. The summed E-state index contributed by atoms with van der Waals surface area (Å²) in [4.78, 5) is 17.6. The predicted octanol–water partition coefficient (Wildman–Crippen LogP) is 5.66. The minimum atomic E-state index is -3.00. The smallest absolute Gasteiger partial charge is 0.283 e. The van der Waals surface area contributed by atoms with E-state index in [1.54, 1.807) is 53.5 Å². The van der Waals surface area contributed by atoms with Gasteiger partial charge in [-0.15, -0.1) is 0 Å². The summed E-state index contributed by atoms with van der Waals surface area (Å²) in [5.41, 5.74) is 4.31. The second kappa shape index (κ2) is 10.0. The molecule has 1 aliphatic heterocycles. The van der Waals surface area contributed by atoms with Gasteiger partial charge in [-0.3, -0.25) is 10.2 Å². The molecule has 182 valence electrons. The zero-order chi connectivity index (χ0) is 25.2. The van der Waals surface area contributed by atoms with Gasteiger partial charge in [-0.1, -0.05) is 48.4 Å². The molecule has 1 aliphatic rings. The number of aromatic nitrogens is 3. The Balaban J connectivity index is 1.75. The number of amides is 1. The third-order valence-electron chi connectivity index (χ3n) is 6.18. The van der Waals surface area contributed by atoms with Crippen LogP contribution >= 0.6 is 11.6 Å². The van der Waals surface area contributed by atoms with E-state index in [1.165, 1.54) is 10.7 Å². The summed E-state index contributed by atoms with van der Waals surface area (Å²) in [5.74, 6) is -0.679. The van der Waals surface area contributed by atoms with Crippen molar-refractivity contribution in [3.8, 4) is 28.5 Å². The number of hydrazine groups is 1. The average Bonchev–Trinajstić information content (AvgIpc) is 3.29. The summed E-state index contributed by atoms with van der Waals surface area (Å²) in [6.45, 7) is 1.29. The van der Waals surface area contributed by atoms with Gasteiger partial charge in [-0.25, -0.2) is 23.3 Å². The highest BCUT2D eigenvalue weighted by Gasteiger charge is 2.30. The van der Waals surface area contributed by atoms with Crippen molar-refractivity contribution in [3.05, 3.63) is 76.6 Å². The van der Waals surface area contributed by atoms with E-state index in [0.717, 1.165) is 19.3 Å². The molecule has 5 rings (SSSR count). The van der Waals surface area contributed by atoms with Crippen molar-refractivity contribution in [1.82, 2.24) is 25.0 Å². The number of nitriles is 1. The molecule has 36 heavy (non-hydrogen) atoms. The van der Waals surface area contributed by atoms with Gasteiger partial charge < -0.3 is 0 Å². The first-order valence-electron chi connectivity index (χ1n) is 11.5. The molecule has 2 aromatic carbocycles. The van der Waals surface area contributed by atoms with Crippen LogP contribution < -0.4 is 5.43 Å². The molecule has 0 saturated carbocycles. The summed E-state index contributed by atoms with van der Waals surface area (Å²) in [6, 6.07) is 15.9. The van der Waals surface area contributed by atoms with Crippen LogP contribution in [0.2, 0.25) is 5.02 Å². The lowest BCUT2D eigenvalue weighted by molar-refractivity contribution is 0.0740. The van der Waals surface area contributed by atoms with Crippen molar-refractivity contribution in [1.29, 1.82) is 5.26 Å². The highest BCUT2D eigenvalue weighted by molar-refractivity contribution is 6.30. The molecule has 0 spiro atoms. The number of piperidine rings is 1. The fourth-order valence-corrected chi connectivity index (χ4v) is 4.60. The van der Waals surface area contributed by atoms with Gasteiger partial charge in [0.1, 0.15) is 11.3 Å². The van der Waals surface area contributed by atoms with Crippen LogP contribution in [0.15, 0.2) is 54.7 Å². The monoisotopic (exact) mass is 506 g/mol. The molecule has 0 unspecified atom stereocenters. The number of nitrogens with one attached hydrogen (secondary N) is 1. The van der Waals surface area contributed by atoms with E-state index in [4.69, 9.17) is 11.6 Å². The fourth-order valence-electron chi connectivity index (χ4n) is 4.48. The SMILES string of the molecule is N#Cc1ccccc1-c1cnc2c(C(=O)NN3CCCCC3)c(C(F)F)nn2c1-c1ccc(Cl)cc1. The number of hydrogen-bond donors (Lipinski definition) is 1. The molecule has 2 aromatic heterocycles. The minimum Gasteiger partial charge on any atom is -0.285 e. The van der Waals surface area contributed by atoms with E-state index >= 15 is 0 Å². The average molecular weight is 507 g/mol. The van der Waals surface area contributed by atoms with Gasteiger partial charge in [0.2, 0.25) is 0 Å². The van der Waals surface area contributed by atoms with Crippen LogP contribution in [0, 0.1) is 11.3 Å². The van der Waals surface area contributed by atoms with Gasteiger partial charge in [-0.05, 0) is 31.0 Å². The maximum Gasteiger partial charge on any atom is 0.283 e. The van der Waals surface area contributed by atoms with Gasteiger partial charge in [0, 0.05) is 41.0 Å². The molecule has 0 bridgehead atoms. The number of carbonyl (C=O) groups excluding carboxylic acids is 1. The first-order chi connectivity index (χ1) is 17.5. The highest BCUT2D eigenvalue weighted by atomic mass is 35.5. The van der Waals surface area contributed by atoms with E-state index in [9.17, 15) is 18.8 Å². The van der Waals surface area contributed by atoms with Gasteiger partial charge in [0.15, 0.2) is 5.65 Å². The van der Waals surface area contributed by atoms with Gasteiger partial charge >= 0.3 is 0 Å². The second-order valence-electron chi connectivity index (χ2n) is 8.47. The third kappa shape index (κ3) is 4.41. The van der Waals surface area contributed by atoms with E-state index in [1.807, 2.05) is 0 Å². The number of nitrogens with zero attached hydrogens (tertiary/aromatic N) is 5.